The van der Waals surface area contributed by atoms with Crippen LogP contribution in [0.5, 0.6) is 5.75 Å². The van der Waals surface area contributed by atoms with Gasteiger partial charge in [0, 0.05) is 19.0 Å². The summed E-state index contributed by atoms with van der Waals surface area (Å²) >= 11 is 0. The first kappa shape index (κ1) is 15.8. The van der Waals surface area contributed by atoms with Crippen LogP contribution < -0.4 is 15.4 Å². The van der Waals surface area contributed by atoms with Crippen molar-refractivity contribution in [1.82, 2.24) is 10.6 Å². The fourth-order valence-electron chi connectivity index (χ4n) is 2.14. The lowest BCUT2D eigenvalue weighted by Crippen LogP contribution is -2.26. The number of amides is 1. The van der Waals surface area contributed by atoms with Gasteiger partial charge in [0.1, 0.15) is 5.75 Å². The second-order valence-electron chi connectivity index (χ2n) is 5.94. The smallest absolute Gasteiger partial charge is 0.220 e. The van der Waals surface area contributed by atoms with Crippen molar-refractivity contribution < 1.29 is 9.53 Å². The van der Waals surface area contributed by atoms with Crippen LogP contribution in [-0.2, 0) is 11.3 Å². The van der Waals surface area contributed by atoms with Gasteiger partial charge in [-0.05, 0) is 57.4 Å². The number of hydrogen-bond donors (Lipinski definition) is 2. The van der Waals surface area contributed by atoms with E-state index in [0.29, 0.717) is 12.5 Å². The van der Waals surface area contributed by atoms with Crippen molar-refractivity contribution in [2.45, 2.75) is 58.2 Å². The molecule has 1 aromatic carbocycles. The molecule has 1 aromatic rings. The van der Waals surface area contributed by atoms with Crippen molar-refractivity contribution in [1.29, 1.82) is 0 Å². The Morgan fingerprint density at radius 2 is 2.19 bits per heavy atom. The number of benzene rings is 1. The lowest BCUT2D eigenvalue weighted by Gasteiger charge is -2.11. The Morgan fingerprint density at radius 1 is 1.38 bits per heavy atom. The highest BCUT2D eigenvalue weighted by atomic mass is 16.5. The van der Waals surface area contributed by atoms with Crippen LogP contribution >= 0.6 is 0 Å². The van der Waals surface area contributed by atoms with Crippen LogP contribution in [0.3, 0.4) is 0 Å². The minimum Gasteiger partial charge on any atom is -0.491 e. The predicted octanol–water partition coefficient (Wildman–Crippen LogP) is 2.62. The number of hydrogen-bond acceptors (Lipinski definition) is 3. The van der Waals surface area contributed by atoms with Gasteiger partial charge >= 0.3 is 0 Å². The Balaban J connectivity index is 1.60. The molecule has 0 heterocycles. The molecule has 2 N–H and O–H groups in total. The summed E-state index contributed by atoms with van der Waals surface area (Å²) < 4.78 is 5.68. The Kier molecular flexibility index (Phi) is 6.05. The molecule has 0 saturated heterocycles. The molecular formula is C17H26N2O2. The van der Waals surface area contributed by atoms with Crippen molar-refractivity contribution in [3.05, 3.63) is 29.8 Å². The molecule has 1 amide bonds. The number of nitrogens with one attached hydrogen (secondary N) is 2. The van der Waals surface area contributed by atoms with Gasteiger partial charge in [0.2, 0.25) is 5.91 Å². The first-order chi connectivity index (χ1) is 10.1. The number of rotatable bonds is 9. The zero-order valence-electron chi connectivity index (χ0n) is 13.0. The largest absolute Gasteiger partial charge is 0.491 e. The standard InChI is InChI=1S/C17H26N2O2/c1-13(2)21-16-6-3-5-14(11-16)12-18-10-4-7-17(20)19-15-8-9-15/h3,5-6,11,13,15,18H,4,7-10,12H2,1-2H3,(H,19,20). The highest BCUT2D eigenvalue weighted by Crippen LogP contribution is 2.18. The fraction of sp³-hybridized carbons (Fsp3) is 0.588. The van der Waals surface area contributed by atoms with Gasteiger partial charge in [0.25, 0.3) is 0 Å². The summed E-state index contributed by atoms with van der Waals surface area (Å²) in [5, 5.41) is 6.38. The Bertz CT molecular complexity index is 456. The van der Waals surface area contributed by atoms with E-state index in [1.54, 1.807) is 0 Å². The molecule has 2 rings (SSSR count). The van der Waals surface area contributed by atoms with E-state index in [1.165, 1.54) is 5.56 Å². The molecule has 4 nitrogen and oxygen atoms in total. The summed E-state index contributed by atoms with van der Waals surface area (Å²) in [5.41, 5.74) is 1.20. The highest BCUT2D eigenvalue weighted by molar-refractivity contribution is 5.76. The van der Waals surface area contributed by atoms with Crippen LogP contribution in [0.15, 0.2) is 24.3 Å². The van der Waals surface area contributed by atoms with Crippen LogP contribution in [0, 0.1) is 0 Å². The normalized spacial score (nSPS) is 14.2. The highest BCUT2D eigenvalue weighted by Gasteiger charge is 2.22. The molecule has 4 heteroatoms. The summed E-state index contributed by atoms with van der Waals surface area (Å²) in [6.45, 7) is 5.71. The third-order valence-electron chi connectivity index (χ3n) is 3.30. The van der Waals surface area contributed by atoms with Gasteiger partial charge in [-0.1, -0.05) is 12.1 Å². The Hall–Kier alpha value is -1.55. The molecule has 1 aliphatic rings. The van der Waals surface area contributed by atoms with Crippen molar-refractivity contribution >= 4 is 5.91 Å². The number of carbonyl (C=O) groups is 1. The van der Waals surface area contributed by atoms with E-state index in [9.17, 15) is 4.79 Å². The summed E-state index contributed by atoms with van der Waals surface area (Å²) in [5.74, 6) is 1.10. The van der Waals surface area contributed by atoms with E-state index < -0.39 is 0 Å². The molecule has 1 fully saturated rings. The number of carbonyl (C=O) groups excluding carboxylic acids is 1. The topological polar surface area (TPSA) is 50.4 Å². The van der Waals surface area contributed by atoms with Crippen LogP contribution in [0.25, 0.3) is 0 Å². The van der Waals surface area contributed by atoms with Gasteiger partial charge in [-0.15, -0.1) is 0 Å². The quantitative estimate of drug-likeness (QED) is 0.687. The maximum atomic E-state index is 11.5. The van der Waals surface area contributed by atoms with E-state index in [2.05, 4.69) is 22.8 Å². The SMILES string of the molecule is CC(C)Oc1cccc(CNCCCC(=O)NC2CC2)c1. The lowest BCUT2D eigenvalue weighted by molar-refractivity contribution is -0.121. The average Bonchev–Trinajstić information content (AvgIpc) is 3.22. The molecule has 1 aliphatic carbocycles. The third-order valence-corrected chi connectivity index (χ3v) is 3.30. The lowest BCUT2D eigenvalue weighted by atomic mass is 10.2. The molecule has 21 heavy (non-hydrogen) atoms. The maximum Gasteiger partial charge on any atom is 0.220 e. The van der Waals surface area contributed by atoms with E-state index in [1.807, 2.05) is 26.0 Å². The first-order valence-corrected chi connectivity index (χ1v) is 7.89. The van der Waals surface area contributed by atoms with Gasteiger partial charge in [-0.25, -0.2) is 0 Å². The third kappa shape index (κ3) is 6.63. The monoisotopic (exact) mass is 290 g/mol. The zero-order valence-corrected chi connectivity index (χ0v) is 13.0. The van der Waals surface area contributed by atoms with Gasteiger partial charge in [-0.2, -0.15) is 0 Å². The van der Waals surface area contributed by atoms with Crippen LogP contribution in [0.2, 0.25) is 0 Å². The van der Waals surface area contributed by atoms with Crippen molar-refractivity contribution in [3.8, 4) is 5.75 Å². The van der Waals surface area contributed by atoms with E-state index in [4.69, 9.17) is 4.74 Å². The molecular weight excluding hydrogens is 264 g/mol. The molecule has 0 spiro atoms. The van der Waals surface area contributed by atoms with Crippen LogP contribution in [0.1, 0.15) is 45.1 Å². The minimum absolute atomic E-state index is 0.187. The molecule has 0 unspecified atom stereocenters. The molecule has 0 atom stereocenters. The van der Waals surface area contributed by atoms with E-state index >= 15 is 0 Å². The predicted molar refractivity (Wildman–Crippen MR) is 84.3 cm³/mol. The molecule has 116 valence electrons. The molecule has 0 aliphatic heterocycles. The summed E-state index contributed by atoms with van der Waals surface area (Å²) in [4.78, 5) is 11.5. The van der Waals surface area contributed by atoms with Crippen LogP contribution in [-0.4, -0.2) is 24.6 Å². The summed E-state index contributed by atoms with van der Waals surface area (Å²) in [7, 11) is 0. The minimum atomic E-state index is 0.187. The molecule has 0 aromatic heterocycles. The fourth-order valence-corrected chi connectivity index (χ4v) is 2.14. The van der Waals surface area contributed by atoms with E-state index in [0.717, 1.165) is 38.1 Å². The van der Waals surface area contributed by atoms with Crippen LogP contribution in [0.4, 0.5) is 0 Å². The first-order valence-electron chi connectivity index (χ1n) is 7.89. The van der Waals surface area contributed by atoms with Gasteiger partial charge in [-0.3, -0.25) is 4.79 Å². The Labute approximate surface area is 127 Å². The van der Waals surface area contributed by atoms with Crippen molar-refractivity contribution in [2.75, 3.05) is 6.54 Å². The average molecular weight is 290 g/mol. The van der Waals surface area contributed by atoms with Crippen molar-refractivity contribution in [3.63, 3.8) is 0 Å². The second kappa shape index (κ2) is 8.03. The van der Waals surface area contributed by atoms with Gasteiger partial charge in [0.05, 0.1) is 6.10 Å². The Morgan fingerprint density at radius 3 is 2.90 bits per heavy atom. The zero-order chi connectivity index (χ0) is 15.1. The van der Waals surface area contributed by atoms with Gasteiger partial charge in [0.15, 0.2) is 0 Å². The summed E-state index contributed by atoms with van der Waals surface area (Å²) in [6, 6.07) is 8.60. The number of ether oxygens (including phenoxy) is 1. The summed E-state index contributed by atoms with van der Waals surface area (Å²) in [6.07, 6.45) is 3.98. The molecule has 1 saturated carbocycles. The van der Waals surface area contributed by atoms with Crippen molar-refractivity contribution in [2.24, 2.45) is 0 Å². The molecule has 0 radical (unpaired) electrons. The molecule has 0 bridgehead atoms. The maximum absolute atomic E-state index is 11.5. The van der Waals surface area contributed by atoms with Gasteiger partial charge < -0.3 is 15.4 Å². The second-order valence-corrected chi connectivity index (χ2v) is 5.94. The van der Waals surface area contributed by atoms with E-state index in [-0.39, 0.29) is 12.0 Å².